The molecule has 1 fully saturated rings. The van der Waals surface area contributed by atoms with Crippen molar-refractivity contribution >= 4 is 21.8 Å². The van der Waals surface area contributed by atoms with Crippen LogP contribution in [0, 0.1) is 0 Å². The number of hydrogen-bond donors (Lipinski definition) is 0. The van der Waals surface area contributed by atoms with Gasteiger partial charge in [-0.2, -0.15) is 0 Å². The van der Waals surface area contributed by atoms with Gasteiger partial charge in [0.1, 0.15) is 0 Å². The standard InChI is InChI=1S/C13H16BrNO/c1-2-13(16)15-8-4-7-12(15)10-5-3-6-11(14)9-10/h3,5-6,9,12H,2,4,7-8H2,1H3. The smallest absolute Gasteiger partial charge is 0.222 e. The Labute approximate surface area is 105 Å². The molecule has 0 radical (unpaired) electrons. The summed E-state index contributed by atoms with van der Waals surface area (Å²) in [6.45, 7) is 2.84. The molecule has 0 saturated carbocycles. The Balaban J connectivity index is 2.23. The Hall–Kier alpha value is -0.830. The van der Waals surface area contributed by atoms with E-state index in [4.69, 9.17) is 0 Å². The van der Waals surface area contributed by atoms with Crippen molar-refractivity contribution in [1.29, 1.82) is 0 Å². The molecule has 1 atom stereocenters. The van der Waals surface area contributed by atoms with Crippen molar-refractivity contribution in [2.75, 3.05) is 6.54 Å². The average molecular weight is 282 g/mol. The Bertz CT molecular complexity index is 391. The maximum absolute atomic E-state index is 11.8. The van der Waals surface area contributed by atoms with E-state index in [2.05, 4.69) is 28.1 Å². The highest BCUT2D eigenvalue weighted by molar-refractivity contribution is 9.10. The molecular weight excluding hydrogens is 266 g/mol. The normalized spacial score (nSPS) is 20.1. The zero-order valence-electron chi connectivity index (χ0n) is 9.45. The molecule has 1 aromatic carbocycles. The molecule has 16 heavy (non-hydrogen) atoms. The number of benzene rings is 1. The largest absolute Gasteiger partial charge is 0.336 e. The summed E-state index contributed by atoms with van der Waals surface area (Å²) in [5.41, 5.74) is 1.24. The molecule has 86 valence electrons. The van der Waals surface area contributed by atoms with E-state index in [1.807, 2.05) is 24.0 Å². The topological polar surface area (TPSA) is 20.3 Å². The van der Waals surface area contributed by atoms with Gasteiger partial charge in [-0.1, -0.05) is 35.0 Å². The number of carbonyl (C=O) groups is 1. The fourth-order valence-electron chi connectivity index (χ4n) is 2.33. The zero-order chi connectivity index (χ0) is 11.5. The van der Waals surface area contributed by atoms with Gasteiger partial charge in [-0.05, 0) is 30.5 Å². The minimum Gasteiger partial charge on any atom is -0.336 e. The second-order valence-electron chi connectivity index (χ2n) is 4.15. The van der Waals surface area contributed by atoms with Crippen LogP contribution in [0.15, 0.2) is 28.7 Å². The van der Waals surface area contributed by atoms with Crippen LogP contribution < -0.4 is 0 Å². The lowest BCUT2D eigenvalue weighted by Crippen LogP contribution is -2.29. The van der Waals surface area contributed by atoms with Crippen molar-refractivity contribution in [2.45, 2.75) is 32.2 Å². The minimum absolute atomic E-state index is 0.266. The summed E-state index contributed by atoms with van der Waals surface area (Å²) in [6.07, 6.45) is 2.80. The van der Waals surface area contributed by atoms with E-state index in [1.54, 1.807) is 0 Å². The van der Waals surface area contributed by atoms with Crippen LogP contribution in [-0.4, -0.2) is 17.4 Å². The summed E-state index contributed by atoms with van der Waals surface area (Å²) in [6, 6.07) is 8.56. The van der Waals surface area contributed by atoms with Crippen LogP contribution in [0.1, 0.15) is 37.8 Å². The first-order chi connectivity index (χ1) is 7.72. The van der Waals surface area contributed by atoms with Crippen LogP contribution >= 0.6 is 15.9 Å². The van der Waals surface area contributed by atoms with Crippen LogP contribution in [-0.2, 0) is 4.79 Å². The predicted molar refractivity (Wildman–Crippen MR) is 68.1 cm³/mol. The van der Waals surface area contributed by atoms with E-state index in [0.29, 0.717) is 6.42 Å². The Kier molecular flexibility index (Phi) is 3.64. The van der Waals surface area contributed by atoms with E-state index in [9.17, 15) is 4.79 Å². The minimum atomic E-state index is 0.266. The van der Waals surface area contributed by atoms with Crippen molar-refractivity contribution in [3.05, 3.63) is 34.3 Å². The highest BCUT2D eigenvalue weighted by Gasteiger charge is 2.28. The third-order valence-electron chi connectivity index (χ3n) is 3.11. The molecule has 1 heterocycles. The van der Waals surface area contributed by atoms with Crippen molar-refractivity contribution in [2.24, 2.45) is 0 Å². The number of rotatable bonds is 2. The van der Waals surface area contributed by atoms with Gasteiger partial charge < -0.3 is 4.90 Å². The van der Waals surface area contributed by atoms with Crippen molar-refractivity contribution in [3.63, 3.8) is 0 Å². The molecule has 1 aliphatic rings. The molecule has 2 rings (SSSR count). The van der Waals surface area contributed by atoms with Gasteiger partial charge in [0.05, 0.1) is 6.04 Å². The Morgan fingerprint density at radius 3 is 3.06 bits per heavy atom. The number of hydrogen-bond acceptors (Lipinski definition) is 1. The quantitative estimate of drug-likeness (QED) is 0.812. The summed E-state index contributed by atoms with van der Waals surface area (Å²) in [5.74, 6) is 0.266. The van der Waals surface area contributed by atoms with Gasteiger partial charge in [0.2, 0.25) is 5.91 Å². The third-order valence-corrected chi connectivity index (χ3v) is 3.60. The molecule has 0 bridgehead atoms. The summed E-state index contributed by atoms with van der Waals surface area (Å²) in [4.78, 5) is 13.8. The fraction of sp³-hybridized carbons (Fsp3) is 0.462. The molecule has 0 N–H and O–H groups in total. The first-order valence-electron chi connectivity index (χ1n) is 5.77. The lowest BCUT2D eigenvalue weighted by molar-refractivity contribution is -0.131. The summed E-state index contributed by atoms with van der Waals surface area (Å²) in [7, 11) is 0. The number of amides is 1. The molecule has 1 amide bonds. The molecule has 3 heteroatoms. The zero-order valence-corrected chi connectivity index (χ0v) is 11.0. The number of nitrogens with zero attached hydrogens (tertiary/aromatic N) is 1. The lowest BCUT2D eigenvalue weighted by atomic mass is 10.0. The number of halogens is 1. The van der Waals surface area contributed by atoms with E-state index < -0.39 is 0 Å². The Morgan fingerprint density at radius 2 is 2.38 bits per heavy atom. The summed E-state index contributed by atoms with van der Waals surface area (Å²) in [5, 5.41) is 0. The van der Waals surface area contributed by atoms with Gasteiger partial charge in [-0.3, -0.25) is 4.79 Å². The second-order valence-corrected chi connectivity index (χ2v) is 5.07. The van der Waals surface area contributed by atoms with Gasteiger partial charge >= 0.3 is 0 Å². The predicted octanol–water partition coefficient (Wildman–Crippen LogP) is 3.52. The van der Waals surface area contributed by atoms with E-state index in [-0.39, 0.29) is 11.9 Å². The van der Waals surface area contributed by atoms with Gasteiger partial charge in [0.15, 0.2) is 0 Å². The van der Waals surface area contributed by atoms with Crippen LogP contribution in [0.4, 0.5) is 0 Å². The maximum Gasteiger partial charge on any atom is 0.222 e. The van der Waals surface area contributed by atoms with Crippen LogP contribution in [0.3, 0.4) is 0 Å². The average Bonchev–Trinajstić information content (AvgIpc) is 2.77. The fourth-order valence-corrected chi connectivity index (χ4v) is 2.75. The third kappa shape index (κ3) is 2.29. The molecular formula is C13H16BrNO. The van der Waals surface area contributed by atoms with Crippen LogP contribution in [0.5, 0.6) is 0 Å². The van der Waals surface area contributed by atoms with Gasteiger partial charge in [0.25, 0.3) is 0 Å². The molecule has 0 aliphatic carbocycles. The number of likely N-dealkylation sites (tertiary alicyclic amines) is 1. The first-order valence-corrected chi connectivity index (χ1v) is 6.56. The molecule has 1 aromatic rings. The van der Waals surface area contributed by atoms with Gasteiger partial charge in [0, 0.05) is 17.4 Å². The van der Waals surface area contributed by atoms with Crippen LogP contribution in [0.25, 0.3) is 0 Å². The molecule has 0 aromatic heterocycles. The van der Waals surface area contributed by atoms with Crippen LogP contribution in [0.2, 0.25) is 0 Å². The van der Waals surface area contributed by atoms with E-state index in [0.717, 1.165) is 23.9 Å². The molecule has 2 nitrogen and oxygen atoms in total. The highest BCUT2D eigenvalue weighted by Crippen LogP contribution is 2.33. The van der Waals surface area contributed by atoms with Crippen molar-refractivity contribution in [3.8, 4) is 0 Å². The second kappa shape index (κ2) is 5.00. The maximum atomic E-state index is 11.8. The SMILES string of the molecule is CCC(=O)N1CCCC1c1cccc(Br)c1. The van der Waals surface area contributed by atoms with Gasteiger partial charge in [-0.25, -0.2) is 0 Å². The highest BCUT2D eigenvalue weighted by atomic mass is 79.9. The monoisotopic (exact) mass is 281 g/mol. The van der Waals surface area contributed by atoms with Crippen molar-refractivity contribution < 1.29 is 4.79 Å². The Morgan fingerprint density at radius 1 is 1.56 bits per heavy atom. The lowest BCUT2D eigenvalue weighted by Gasteiger charge is -2.24. The molecule has 1 unspecified atom stereocenters. The number of carbonyl (C=O) groups excluding carboxylic acids is 1. The molecule has 1 saturated heterocycles. The van der Waals surface area contributed by atoms with Crippen molar-refractivity contribution in [1.82, 2.24) is 4.90 Å². The van der Waals surface area contributed by atoms with E-state index >= 15 is 0 Å². The van der Waals surface area contributed by atoms with Gasteiger partial charge in [-0.15, -0.1) is 0 Å². The van der Waals surface area contributed by atoms with E-state index in [1.165, 1.54) is 5.56 Å². The molecule has 0 spiro atoms. The summed E-state index contributed by atoms with van der Waals surface area (Å²) < 4.78 is 1.08. The first kappa shape index (κ1) is 11.6. The molecule has 1 aliphatic heterocycles. The summed E-state index contributed by atoms with van der Waals surface area (Å²) >= 11 is 3.48.